The van der Waals surface area contributed by atoms with Crippen LogP contribution in [0.2, 0.25) is 0 Å². The second-order valence-electron chi connectivity index (χ2n) is 10.7. The van der Waals surface area contributed by atoms with Gasteiger partial charge in [-0.25, -0.2) is 4.79 Å². The molecule has 0 bridgehead atoms. The monoisotopic (exact) mass is 436 g/mol. The smallest absolute Gasteiger partial charge is 0.334 e. The molecule has 6 aliphatic rings. The topological polar surface area (TPSA) is 80.8 Å². The van der Waals surface area contributed by atoms with Crippen molar-refractivity contribution in [3.63, 3.8) is 0 Å². The highest BCUT2D eigenvalue weighted by Crippen LogP contribution is 2.79. The van der Waals surface area contributed by atoms with Crippen LogP contribution in [0.4, 0.5) is 0 Å². The number of hydrogen-bond donors (Lipinski definition) is 1. The number of epoxide rings is 2. The fourth-order valence-corrected chi connectivity index (χ4v) is 8.33. The van der Waals surface area contributed by atoms with Crippen LogP contribution in [0.5, 0.6) is 0 Å². The van der Waals surface area contributed by atoms with Gasteiger partial charge in [-0.3, -0.25) is 0 Å². The first-order chi connectivity index (χ1) is 14.2. The van der Waals surface area contributed by atoms with Crippen LogP contribution in [-0.4, -0.2) is 65.0 Å². The number of esters is 1. The van der Waals surface area contributed by atoms with Gasteiger partial charge in [-0.15, -0.1) is 11.8 Å². The number of aliphatic hydroxyl groups is 1. The molecule has 0 radical (unpaired) electrons. The van der Waals surface area contributed by atoms with Gasteiger partial charge in [-0.2, -0.15) is 0 Å². The van der Waals surface area contributed by atoms with Gasteiger partial charge < -0.3 is 24.1 Å². The van der Waals surface area contributed by atoms with E-state index in [1.54, 1.807) is 11.8 Å². The van der Waals surface area contributed by atoms with Gasteiger partial charge in [-0.1, -0.05) is 20.8 Å². The number of carbonyl (C=O) groups excluding carboxylic acids is 1. The van der Waals surface area contributed by atoms with E-state index < -0.39 is 17.3 Å². The van der Waals surface area contributed by atoms with Gasteiger partial charge in [0, 0.05) is 16.9 Å². The molecule has 4 fully saturated rings. The fraction of sp³-hybridized carbons (Fsp3) is 0.870. The summed E-state index contributed by atoms with van der Waals surface area (Å²) >= 11 is 1.65. The molecule has 1 N–H and O–H groups in total. The number of ether oxygens (including phenoxy) is 4. The molecule has 0 aromatic carbocycles. The largest absolute Gasteiger partial charge is 0.455 e. The van der Waals surface area contributed by atoms with Crippen LogP contribution >= 0.6 is 11.8 Å². The van der Waals surface area contributed by atoms with Crippen molar-refractivity contribution in [1.82, 2.24) is 0 Å². The average molecular weight is 437 g/mol. The van der Waals surface area contributed by atoms with E-state index in [4.69, 9.17) is 18.9 Å². The lowest BCUT2D eigenvalue weighted by Crippen LogP contribution is -2.70. The van der Waals surface area contributed by atoms with Crippen molar-refractivity contribution in [2.45, 2.75) is 88.7 Å². The Bertz CT molecular complexity index is 842. The number of carbonyl (C=O) groups is 1. The minimum absolute atomic E-state index is 0.0170. The Morgan fingerprint density at radius 1 is 1.33 bits per heavy atom. The Hall–Kier alpha value is -0.600. The normalized spacial score (nSPS) is 55.3. The molecule has 10 atom stereocenters. The Balaban J connectivity index is 1.46. The zero-order chi connectivity index (χ0) is 21.2. The lowest BCUT2D eigenvalue weighted by Gasteiger charge is -2.55. The van der Waals surface area contributed by atoms with Gasteiger partial charge in [0.15, 0.2) is 5.60 Å². The first-order valence-electron chi connectivity index (χ1n) is 11.3. The second-order valence-corrected chi connectivity index (χ2v) is 11.5. The van der Waals surface area contributed by atoms with Crippen molar-refractivity contribution in [2.24, 2.45) is 23.2 Å². The zero-order valence-electron chi connectivity index (χ0n) is 18.3. The van der Waals surface area contributed by atoms with Gasteiger partial charge in [-0.05, 0) is 49.9 Å². The van der Waals surface area contributed by atoms with Crippen LogP contribution in [-0.2, 0) is 23.7 Å². The third kappa shape index (κ3) is 2.01. The third-order valence-electron chi connectivity index (χ3n) is 9.26. The summed E-state index contributed by atoms with van der Waals surface area (Å²) in [5.74, 6) is 0.853. The number of cyclic esters (lactones) is 1. The summed E-state index contributed by atoms with van der Waals surface area (Å²) in [5, 5.41) is 11.4. The molecular weight excluding hydrogens is 404 g/mol. The molecule has 166 valence electrons. The van der Waals surface area contributed by atoms with Crippen molar-refractivity contribution >= 4 is 17.7 Å². The molecule has 6 nitrogen and oxygen atoms in total. The van der Waals surface area contributed by atoms with Crippen LogP contribution < -0.4 is 0 Å². The van der Waals surface area contributed by atoms with E-state index in [2.05, 4.69) is 20.8 Å². The third-order valence-corrected chi connectivity index (χ3v) is 9.63. The molecule has 0 aromatic rings. The maximum absolute atomic E-state index is 12.4. The molecular formula is C23H32O6S. The number of fused-ring (bicyclic) bond motifs is 2. The summed E-state index contributed by atoms with van der Waals surface area (Å²) in [6.45, 7) is 8.59. The molecule has 0 amide bonds. The predicted molar refractivity (Wildman–Crippen MR) is 111 cm³/mol. The van der Waals surface area contributed by atoms with E-state index in [0.29, 0.717) is 12.4 Å². The standard InChI is InChI=1S/C23H32O6S/c1-10(2)15-17(24)19-23(29-19)21(4)7-6-12-16(11(3)27-20(12)25)13(21)8-14-22(23,28-14)18(15)26-9-30-5/h10-11,13-15,17-19,24H,6-9H2,1-5H3/t11?,13-,14-,15?,17+,18+,19-,21-,22+,23+/m0/s1. The van der Waals surface area contributed by atoms with Crippen molar-refractivity contribution in [2.75, 3.05) is 12.2 Å². The maximum Gasteiger partial charge on any atom is 0.334 e. The first-order valence-corrected chi connectivity index (χ1v) is 12.7. The Kier molecular flexibility index (Phi) is 4.04. The quantitative estimate of drug-likeness (QED) is 0.412. The summed E-state index contributed by atoms with van der Waals surface area (Å²) in [7, 11) is 0. The number of thioether (sulfide) groups is 1. The molecule has 3 aliphatic heterocycles. The molecule has 3 heterocycles. The van der Waals surface area contributed by atoms with Gasteiger partial charge in [0.1, 0.15) is 17.8 Å². The van der Waals surface area contributed by atoms with Crippen LogP contribution in [0, 0.1) is 23.2 Å². The van der Waals surface area contributed by atoms with Crippen molar-refractivity contribution in [3.05, 3.63) is 11.1 Å². The van der Waals surface area contributed by atoms with E-state index in [1.165, 1.54) is 0 Å². The van der Waals surface area contributed by atoms with Crippen LogP contribution in [0.25, 0.3) is 0 Å². The average Bonchev–Trinajstić information content (AvgIpc) is 3.57. The van der Waals surface area contributed by atoms with Gasteiger partial charge in [0.2, 0.25) is 0 Å². The van der Waals surface area contributed by atoms with Gasteiger partial charge in [0.25, 0.3) is 0 Å². The van der Waals surface area contributed by atoms with Crippen LogP contribution in [0.15, 0.2) is 11.1 Å². The van der Waals surface area contributed by atoms with Crippen LogP contribution in [0.1, 0.15) is 47.0 Å². The minimum Gasteiger partial charge on any atom is -0.455 e. The number of aliphatic hydroxyl groups excluding tert-OH is 1. The summed E-state index contributed by atoms with van der Waals surface area (Å²) in [4.78, 5) is 12.4. The predicted octanol–water partition coefficient (Wildman–Crippen LogP) is 2.68. The fourth-order valence-electron chi connectivity index (χ4n) is 8.04. The molecule has 2 spiro atoms. The summed E-state index contributed by atoms with van der Waals surface area (Å²) < 4.78 is 25.2. The van der Waals surface area contributed by atoms with E-state index >= 15 is 0 Å². The minimum atomic E-state index is -0.572. The zero-order valence-corrected chi connectivity index (χ0v) is 19.2. The lowest BCUT2D eigenvalue weighted by atomic mass is 9.46. The molecule has 0 aromatic heterocycles. The Morgan fingerprint density at radius 2 is 2.10 bits per heavy atom. The van der Waals surface area contributed by atoms with Crippen molar-refractivity contribution in [1.29, 1.82) is 0 Å². The van der Waals surface area contributed by atoms with Gasteiger partial charge >= 0.3 is 5.97 Å². The summed E-state index contributed by atoms with van der Waals surface area (Å²) in [6, 6.07) is 0. The molecule has 3 aliphatic carbocycles. The molecule has 2 saturated carbocycles. The van der Waals surface area contributed by atoms with E-state index in [1.807, 2.05) is 13.2 Å². The van der Waals surface area contributed by atoms with E-state index in [-0.39, 0.29) is 53.6 Å². The molecule has 2 saturated heterocycles. The highest BCUT2D eigenvalue weighted by Gasteiger charge is 2.95. The highest BCUT2D eigenvalue weighted by molar-refractivity contribution is 7.98. The maximum atomic E-state index is 12.4. The SMILES string of the molecule is CSCO[C@@H]1C(C(C)C)[C@@H](O)[C@@H]2O[C@]23[C@]12O[C@H]2C[C@H]1C2=C(CC[C@@]13C)C(=O)OC2C. The highest BCUT2D eigenvalue weighted by atomic mass is 32.2. The van der Waals surface area contributed by atoms with E-state index in [9.17, 15) is 9.90 Å². The Morgan fingerprint density at radius 3 is 2.80 bits per heavy atom. The van der Waals surface area contributed by atoms with Crippen molar-refractivity contribution < 1.29 is 28.8 Å². The Labute approximate surface area is 182 Å². The molecule has 6 rings (SSSR count). The van der Waals surface area contributed by atoms with Crippen LogP contribution in [0.3, 0.4) is 0 Å². The van der Waals surface area contributed by atoms with Gasteiger partial charge in [0.05, 0.1) is 24.3 Å². The molecule has 2 unspecified atom stereocenters. The van der Waals surface area contributed by atoms with E-state index in [0.717, 1.165) is 24.0 Å². The molecule has 30 heavy (non-hydrogen) atoms. The lowest BCUT2D eigenvalue weighted by molar-refractivity contribution is -0.142. The summed E-state index contributed by atoms with van der Waals surface area (Å²) in [5.41, 5.74) is 0.778. The molecule has 7 heteroatoms. The second kappa shape index (κ2) is 6.04. The first kappa shape index (κ1) is 20.0. The van der Waals surface area contributed by atoms with Crippen molar-refractivity contribution in [3.8, 4) is 0 Å². The number of rotatable bonds is 4. The summed E-state index contributed by atoms with van der Waals surface area (Å²) in [6.07, 6.45) is 3.33. The number of hydrogen-bond acceptors (Lipinski definition) is 7.